The van der Waals surface area contributed by atoms with Crippen LogP contribution in [0.1, 0.15) is 29.5 Å². The van der Waals surface area contributed by atoms with Crippen molar-refractivity contribution in [3.8, 4) is 0 Å². The van der Waals surface area contributed by atoms with Crippen LogP contribution in [-0.2, 0) is 23.3 Å². The molecule has 132 valence electrons. The van der Waals surface area contributed by atoms with Crippen molar-refractivity contribution in [2.45, 2.75) is 31.3 Å². The molecule has 0 saturated carbocycles. The Labute approximate surface area is 149 Å². The fourth-order valence-corrected chi connectivity index (χ4v) is 3.91. The van der Waals surface area contributed by atoms with Crippen LogP contribution >= 0.6 is 0 Å². The minimum Gasteiger partial charge on any atom is -0.319 e. The predicted octanol–water partition coefficient (Wildman–Crippen LogP) is 2.88. The molecule has 1 atom stereocenters. The summed E-state index contributed by atoms with van der Waals surface area (Å²) >= 11 is 0. The second-order valence-corrected chi connectivity index (χ2v) is 6.66. The third kappa shape index (κ3) is 2.44. The van der Waals surface area contributed by atoms with Crippen LogP contribution in [0.15, 0.2) is 48.5 Å². The number of amides is 3. The van der Waals surface area contributed by atoms with Gasteiger partial charge in [0.15, 0.2) is 0 Å². The van der Waals surface area contributed by atoms with Crippen molar-refractivity contribution >= 4 is 17.6 Å². The van der Waals surface area contributed by atoms with E-state index >= 15 is 0 Å². The molecule has 1 spiro atoms. The van der Waals surface area contributed by atoms with E-state index in [2.05, 4.69) is 5.32 Å². The molecule has 2 aromatic carbocycles. The van der Waals surface area contributed by atoms with Gasteiger partial charge < -0.3 is 5.32 Å². The lowest BCUT2D eigenvalue weighted by molar-refractivity contribution is -0.384. The number of aryl methyl sites for hydroxylation is 1. The number of non-ortho nitro benzene ring substituents is 1. The summed E-state index contributed by atoms with van der Waals surface area (Å²) in [6.07, 6.45) is 2.25. The van der Waals surface area contributed by atoms with Crippen molar-refractivity contribution in [3.63, 3.8) is 0 Å². The van der Waals surface area contributed by atoms with Gasteiger partial charge in [0.05, 0.1) is 11.5 Å². The molecule has 1 saturated heterocycles. The number of urea groups is 1. The number of hydrogen-bond donors (Lipinski definition) is 1. The lowest BCUT2D eigenvalue weighted by atomic mass is 9.76. The number of fused-ring (bicyclic) bond motifs is 2. The topological polar surface area (TPSA) is 92.6 Å². The van der Waals surface area contributed by atoms with E-state index in [9.17, 15) is 19.7 Å². The number of carbonyl (C=O) groups excluding carboxylic acids is 2. The Hall–Kier alpha value is -3.22. The van der Waals surface area contributed by atoms with E-state index in [1.807, 2.05) is 24.3 Å². The van der Waals surface area contributed by atoms with Crippen LogP contribution in [-0.4, -0.2) is 21.8 Å². The highest BCUT2D eigenvalue weighted by Gasteiger charge is 2.53. The SMILES string of the molecule is O=C1N[C@]2(CCCc3ccccc32)C(=O)N1Cc1cccc([N+](=O)[O-])c1. The maximum atomic E-state index is 13.2. The number of carbonyl (C=O) groups is 2. The molecule has 3 amide bonds. The van der Waals surface area contributed by atoms with Crippen LogP contribution in [0.3, 0.4) is 0 Å². The maximum absolute atomic E-state index is 13.2. The molecule has 7 nitrogen and oxygen atoms in total. The first-order valence-corrected chi connectivity index (χ1v) is 8.47. The maximum Gasteiger partial charge on any atom is 0.325 e. The average molecular weight is 351 g/mol. The van der Waals surface area contributed by atoms with E-state index in [1.54, 1.807) is 12.1 Å². The lowest BCUT2D eigenvalue weighted by Gasteiger charge is -2.33. The van der Waals surface area contributed by atoms with Gasteiger partial charge in [0.25, 0.3) is 11.6 Å². The number of nitrogens with one attached hydrogen (secondary N) is 1. The summed E-state index contributed by atoms with van der Waals surface area (Å²) in [4.78, 5) is 37.3. The fraction of sp³-hybridized carbons (Fsp3) is 0.263. The van der Waals surface area contributed by atoms with Crippen molar-refractivity contribution in [1.82, 2.24) is 10.2 Å². The molecule has 2 aliphatic rings. The number of nitro groups is 1. The van der Waals surface area contributed by atoms with Crippen molar-refractivity contribution in [3.05, 3.63) is 75.3 Å². The van der Waals surface area contributed by atoms with Crippen LogP contribution in [0.25, 0.3) is 0 Å². The highest BCUT2D eigenvalue weighted by molar-refractivity contribution is 6.07. The third-order valence-electron chi connectivity index (χ3n) is 5.11. The zero-order valence-corrected chi connectivity index (χ0v) is 14.0. The third-order valence-corrected chi connectivity index (χ3v) is 5.11. The summed E-state index contributed by atoms with van der Waals surface area (Å²) in [7, 11) is 0. The summed E-state index contributed by atoms with van der Waals surface area (Å²) in [5.41, 5.74) is 1.39. The Morgan fingerprint density at radius 3 is 2.77 bits per heavy atom. The molecular weight excluding hydrogens is 334 g/mol. The average Bonchev–Trinajstić information content (AvgIpc) is 2.87. The van der Waals surface area contributed by atoms with Gasteiger partial charge in [-0.25, -0.2) is 4.79 Å². The van der Waals surface area contributed by atoms with Crippen molar-refractivity contribution < 1.29 is 14.5 Å². The Bertz CT molecular complexity index is 927. The molecule has 0 radical (unpaired) electrons. The van der Waals surface area contributed by atoms with E-state index in [0.29, 0.717) is 12.0 Å². The van der Waals surface area contributed by atoms with Crippen LogP contribution in [0.4, 0.5) is 10.5 Å². The second kappa shape index (κ2) is 5.94. The zero-order valence-electron chi connectivity index (χ0n) is 14.0. The lowest BCUT2D eigenvalue weighted by Crippen LogP contribution is -2.46. The first kappa shape index (κ1) is 16.3. The largest absolute Gasteiger partial charge is 0.325 e. The van der Waals surface area contributed by atoms with Gasteiger partial charge in [0.2, 0.25) is 0 Å². The summed E-state index contributed by atoms with van der Waals surface area (Å²) in [6.45, 7) is 0.0102. The Morgan fingerprint density at radius 1 is 1.15 bits per heavy atom. The van der Waals surface area contributed by atoms with Crippen molar-refractivity contribution in [2.24, 2.45) is 0 Å². The van der Waals surface area contributed by atoms with E-state index < -0.39 is 16.5 Å². The summed E-state index contributed by atoms with van der Waals surface area (Å²) < 4.78 is 0. The molecule has 0 bridgehead atoms. The predicted molar refractivity (Wildman–Crippen MR) is 93.2 cm³/mol. The van der Waals surface area contributed by atoms with Gasteiger partial charge in [0, 0.05) is 12.1 Å². The van der Waals surface area contributed by atoms with Crippen LogP contribution < -0.4 is 5.32 Å². The minimum atomic E-state index is -1.02. The van der Waals surface area contributed by atoms with Crippen molar-refractivity contribution in [2.75, 3.05) is 0 Å². The van der Waals surface area contributed by atoms with Crippen LogP contribution in [0.5, 0.6) is 0 Å². The van der Waals surface area contributed by atoms with E-state index in [1.165, 1.54) is 12.1 Å². The van der Waals surface area contributed by atoms with E-state index in [-0.39, 0.29) is 18.1 Å². The molecule has 4 rings (SSSR count). The Kier molecular flexibility index (Phi) is 3.72. The number of rotatable bonds is 3. The molecule has 1 heterocycles. The number of nitro benzene ring substituents is 1. The smallest absolute Gasteiger partial charge is 0.319 e. The second-order valence-electron chi connectivity index (χ2n) is 6.66. The van der Waals surface area contributed by atoms with Gasteiger partial charge in [-0.05, 0) is 36.0 Å². The molecule has 0 unspecified atom stereocenters. The first-order valence-electron chi connectivity index (χ1n) is 8.47. The summed E-state index contributed by atoms with van der Waals surface area (Å²) in [5.74, 6) is -0.291. The van der Waals surface area contributed by atoms with Crippen molar-refractivity contribution in [1.29, 1.82) is 0 Å². The standard InChI is InChI=1S/C19H17N3O4/c23-17-19(10-4-7-14-6-1-2-9-16(14)19)20-18(24)21(17)12-13-5-3-8-15(11-13)22(25)26/h1-3,5-6,8-9,11H,4,7,10,12H2,(H,20,24)/t19-/m0/s1. The molecule has 26 heavy (non-hydrogen) atoms. The normalized spacial score (nSPS) is 21.6. The first-order chi connectivity index (χ1) is 12.5. The molecule has 1 fully saturated rings. The number of benzene rings is 2. The summed E-state index contributed by atoms with van der Waals surface area (Å²) in [6, 6.07) is 13.2. The van der Waals surface area contributed by atoms with Gasteiger partial charge in [-0.3, -0.25) is 19.8 Å². The monoisotopic (exact) mass is 351 g/mol. The van der Waals surface area contributed by atoms with Crippen LogP contribution in [0.2, 0.25) is 0 Å². The Morgan fingerprint density at radius 2 is 1.96 bits per heavy atom. The van der Waals surface area contributed by atoms with E-state index in [0.717, 1.165) is 28.9 Å². The molecule has 1 aliphatic heterocycles. The quantitative estimate of drug-likeness (QED) is 0.523. The molecule has 0 aromatic heterocycles. The molecule has 1 aliphatic carbocycles. The van der Waals surface area contributed by atoms with E-state index in [4.69, 9.17) is 0 Å². The summed E-state index contributed by atoms with van der Waals surface area (Å²) in [5, 5.41) is 13.8. The number of hydrogen-bond acceptors (Lipinski definition) is 4. The molecular formula is C19H17N3O4. The van der Waals surface area contributed by atoms with Gasteiger partial charge >= 0.3 is 6.03 Å². The number of imide groups is 1. The Balaban J connectivity index is 1.67. The minimum absolute atomic E-state index is 0.0102. The van der Waals surface area contributed by atoms with Gasteiger partial charge in [-0.1, -0.05) is 36.4 Å². The van der Waals surface area contributed by atoms with Gasteiger partial charge in [0.1, 0.15) is 5.54 Å². The zero-order chi connectivity index (χ0) is 18.3. The van der Waals surface area contributed by atoms with Crippen LogP contribution in [0, 0.1) is 10.1 Å². The molecule has 1 N–H and O–H groups in total. The molecule has 7 heteroatoms. The molecule has 2 aromatic rings. The van der Waals surface area contributed by atoms with Gasteiger partial charge in [-0.15, -0.1) is 0 Å². The number of nitrogens with zero attached hydrogens (tertiary/aromatic N) is 2. The highest BCUT2D eigenvalue weighted by atomic mass is 16.6. The van der Waals surface area contributed by atoms with Gasteiger partial charge in [-0.2, -0.15) is 0 Å². The highest BCUT2D eigenvalue weighted by Crippen LogP contribution is 2.40. The fourth-order valence-electron chi connectivity index (χ4n) is 3.91.